The lowest BCUT2D eigenvalue weighted by Crippen LogP contribution is -2.69. The molecule has 0 saturated carbocycles. The first-order valence-corrected chi connectivity index (χ1v) is 13.4. The summed E-state index contributed by atoms with van der Waals surface area (Å²) in [6, 6.07) is -1.53. The molecule has 20 heteroatoms. The first kappa shape index (κ1) is 34.5. The number of ether oxygens (including phenoxy) is 7. The van der Waals surface area contributed by atoms with E-state index in [9.17, 15) is 38.8 Å². The van der Waals surface area contributed by atoms with Crippen LogP contribution in [0.1, 0.15) is 27.7 Å². The maximum absolute atomic E-state index is 12.5. The van der Waals surface area contributed by atoms with Gasteiger partial charge >= 0.3 is 31.7 Å². The number of carbonyl (C=O) groups excluding carboxylic acids is 5. The van der Waals surface area contributed by atoms with E-state index in [1.54, 1.807) is 0 Å². The van der Waals surface area contributed by atoms with Crippen molar-refractivity contribution in [3.05, 3.63) is 0 Å². The minimum absolute atomic E-state index is 0.595. The number of phosphoric ester groups is 1. The van der Waals surface area contributed by atoms with Gasteiger partial charge < -0.3 is 58.5 Å². The molecule has 19 nitrogen and oxygen atoms in total. The van der Waals surface area contributed by atoms with Crippen LogP contribution in [0.15, 0.2) is 0 Å². The number of aliphatic hydroxyl groups is 2. The zero-order chi connectivity index (χ0) is 31.2. The van der Waals surface area contributed by atoms with E-state index in [-0.39, 0.29) is 0 Å². The second-order valence-electron chi connectivity index (χ2n) is 8.85. The fraction of sp³-hybridized carbons (Fsp3) is 0.762. The Kier molecular flexibility index (Phi) is 12.1. The van der Waals surface area contributed by atoms with Crippen LogP contribution in [0.25, 0.3) is 0 Å². The van der Waals surface area contributed by atoms with Crippen molar-refractivity contribution >= 4 is 37.6 Å². The maximum Gasteiger partial charge on any atom is 0.472 e. The van der Waals surface area contributed by atoms with Crippen molar-refractivity contribution in [1.82, 2.24) is 5.32 Å². The van der Waals surface area contributed by atoms with Crippen LogP contribution in [0.3, 0.4) is 0 Å². The third-order valence-electron chi connectivity index (χ3n) is 5.58. The third kappa shape index (κ3) is 9.66. The molecule has 0 aliphatic carbocycles. The summed E-state index contributed by atoms with van der Waals surface area (Å²) >= 11 is 0. The number of nitrogens with one attached hydrogen (secondary N) is 1. The zero-order valence-corrected chi connectivity index (χ0v) is 23.3. The maximum atomic E-state index is 12.5. The largest absolute Gasteiger partial charge is 0.472 e. The Morgan fingerprint density at radius 1 is 0.829 bits per heavy atom. The van der Waals surface area contributed by atoms with Gasteiger partial charge in [-0.05, 0) is 0 Å². The Labute approximate surface area is 232 Å². The molecule has 2 heterocycles. The number of carbonyl (C=O) groups is 5. The second-order valence-corrected chi connectivity index (χ2v) is 10.0. The summed E-state index contributed by atoms with van der Waals surface area (Å²) in [5.41, 5.74) is 0. The predicted molar refractivity (Wildman–Crippen MR) is 125 cm³/mol. The van der Waals surface area contributed by atoms with E-state index in [0.29, 0.717) is 0 Å². The topological polar surface area (TPSA) is 269 Å². The summed E-state index contributed by atoms with van der Waals surface area (Å²) in [6.07, 6.45) is -16.8. The Morgan fingerprint density at radius 3 is 1.90 bits per heavy atom. The van der Waals surface area contributed by atoms with Crippen LogP contribution in [0, 0.1) is 0 Å². The van der Waals surface area contributed by atoms with Crippen LogP contribution in [-0.4, -0.2) is 125 Å². The van der Waals surface area contributed by atoms with E-state index in [2.05, 4.69) is 14.6 Å². The number of methoxy groups -OCH3 is 1. The molecular formula is C21H32NO18P. The van der Waals surface area contributed by atoms with Gasteiger partial charge in [0.15, 0.2) is 30.9 Å². The predicted octanol–water partition coefficient (Wildman–Crippen LogP) is -3.24. The molecule has 234 valence electrons. The van der Waals surface area contributed by atoms with Crippen LogP contribution < -0.4 is 5.32 Å². The molecule has 0 radical (unpaired) electrons. The molecule has 0 aromatic heterocycles. The van der Waals surface area contributed by atoms with Gasteiger partial charge in [0.25, 0.3) is 0 Å². The van der Waals surface area contributed by atoms with Crippen molar-refractivity contribution in [2.45, 2.75) is 89.0 Å². The average molecular weight is 617 g/mol. The van der Waals surface area contributed by atoms with Gasteiger partial charge in [-0.1, -0.05) is 0 Å². The van der Waals surface area contributed by atoms with Crippen molar-refractivity contribution < 1.29 is 86.2 Å². The molecule has 10 atom stereocenters. The number of aliphatic hydroxyl groups excluding tert-OH is 2. The molecule has 5 N–H and O–H groups in total. The fourth-order valence-corrected chi connectivity index (χ4v) is 4.52. The van der Waals surface area contributed by atoms with Crippen LogP contribution in [0.4, 0.5) is 0 Å². The number of amides is 1. The smallest absolute Gasteiger partial charge is 0.467 e. The Morgan fingerprint density at radius 2 is 1.41 bits per heavy atom. The fourth-order valence-electron chi connectivity index (χ4n) is 4.08. The quantitative estimate of drug-likeness (QED) is 0.0915. The van der Waals surface area contributed by atoms with Gasteiger partial charge in [-0.25, -0.2) is 9.36 Å². The molecule has 2 saturated heterocycles. The second kappa shape index (κ2) is 14.4. The SMILES string of the molecule is COC(=O)[C@H]1O[C@H](OP(=O)(O)O)[C@H](O)[C@@H](O)[C@@H]1O[C@@H]1O[C@H](COC(C)=O)[C@@H](OC(C)=O)[C@H](OC(C)=O)[C@H]1NC(C)=O. The number of esters is 4. The number of phosphoric acid groups is 1. The van der Waals surface area contributed by atoms with Crippen LogP contribution >= 0.6 is 7.82 Å². The molecule has 0 aromatic rings. The molecule has 2 aliphatic rings. The lowest BCUT2D eigenvalue weighted by Gasteiger charge is -2.47. The van der Waals surface area contributed by atoms with Gasteiger partial charge in [-0.15, -0.1) is 0 Å². The van der Waals surface area contributed by atoms with E-state index >= 15 is 0 Å². The van der Waals surface area contributed by atoms with Crippen molar-refractivity contribution in [2.24, 2.45) is 0 Å². The average Bonchev–Trinajstić information content (AvgIpc) is 2.83. The van der Waals surface area contributed by atoms with Gasteiger partial charge in [0.2, 0.25) is 5.91 Å². The highest BCUT2D eigenvalue weighted by Gasteiger charge is 2.56. The highest BCUT2D eigenvalue weighted by molar-refractivity contribution is 7.46. The van der Waals surface area contributed by atoms with Crippen molar-refractivity contribution in [1.29, 1.82) is 0 Å². The summed E-state index contributed by atoms with van der Waals surface area (Å²) in [7, 11) is -4.39. The molecular weight excluding hydrogens is 585 g/mol. The van der Waals surface area contributed by atoms with E-state index in [4.69, 9.17) is 38.2 Å². The first-order chi connectivity index (χ1) is 18.9. The van der Waals surface area contributed by atoms with Gasteiger partial charge in [-0.3, -0.25) is 23.7 Å². The standard InChI is InChI=1S/C21H32NO18P/c1-7(23)22-12-16(36-10(4)26)15(35-9(3)25)11(6-34-8(2)24)37-20(12)38-17-13(27)14(28)21(40-41(30,31)32)39-18(17)19(29)33-5/h11-18,20-21,27-28H,6H2,1-5H3,(H,22,23)(H2,30,31,32)/t11-,12-,13-,14-,15-,16-,17+,18+,20+,21-/m1/s1. The summed E-state index contributed by atoms with van der Waals surface area (Å²) in [5, 5.41) is 23.6. The van der Waals surface area contributed by atoms with E-state index in [0.717, 1.165) is 34.8 Å². The van der Waals surface area contributed by atoms with Crippen molar-refractivity contribution in [2.75, 3.05) is 13.7 Å². The molecule has 2 fully saturated rings. The van der Waals surface area contributed by atoms with Crippen LogP contribution in [0.2, 0.25) is 0 Å². The van der Waals surface area contributed by atoms with Gasteiger partial charge in [-0.2, -0.15) is 0 Å². The highest BCUT2D eigenvalue weighted by atomic mass is 31.2. The van der Waals surface area contributed by atoms with Crippen LogP contribution in [0.5, 0.6) is 0 Å². The molecule has 2 aliphatic heterocycles. The molecule has 0 unspecified atom stereocenters. The molecule has 1 amide bonds. The summed E-state index contributed by atoms with van der Waals surface area (Å²) in [4.78, 5) is 78.2. The monoisotopic (exact) mass is 617 g/mol. The van der Waals surface area contributed by atoms with Gasteiger partial charge in [0.05, 0.1) is 7.11 Å². The zero-order valence-electron chi connectivity index (χ0n) is 22.4. The number of rotatable bonds is 10. The molecule has 2 rings (SSSR count). The van der Waals surface area contributed by atoms with E-state index in [1.807, 2.05) is 0 Å². The van der Waals surface area contributed by atoms with Crippen molar-refractivity contribution in [3.8, 4) is 0 Å². The number of hydrogen-bond acceptors (Lipinski definition) is 16. The lowest BCUT2D eigenvalue weighted by atomic mass is 9.94. The molecule has 0 bridgehead atoms. The van der Waals surface area contributed by atoms with E-state index < -0.39 is 106 Å². The minimum Gasteiger partial charge on any atom is -0.467 e. The highest BCUT2D eigenvalue weighted by Crippen LogP contribution is 2.41. The third-order valence-corrected chi connectivity index (χ3v) is 6.06. The Bertz CT molecular complexity index is 1030. The summed E-state index contributed by atoms with van der Waals surface area (Å²) < 4.78 is 52.4. The lowest BCUT2D eigenvalue weighted by molar-refractivity contribution is -0.334. The normalized spacial score (nSPS) is 33.7. The van der Waals surface area contributed by atoms with Gasteiger partial charge in [0, 0.05) is 27.7 Å². The Hall–Kier alpha value is -2.74. The summed E-state index contributed by atoms with van der Waals surface area (Å²) in [5.74, 6) is -4.54. The van der Waals surface area contributed by atoms with Gasteiger partial charge in [0.1, 0.15) is 37.1 Å². The number of hydrogen-bond donors (Lipinski definition) is 5. The molecule has 41 heavy (non-hydrogen) atoms. The van der Waals surface area contributed by atoms with E-state index in [1.165, 1.54) is 0 Å². The minimum atomic E-state index is -5.30. The first-order valence-electron chi connectivity index (χ1n) is 11.8. The van der Waals surface area contributed by atoms with Crippen molar-refractivity contribution in [3.63, 3.8) is 0 Å². The van der Waals surface area contributed by atoms with Crippen LogP contribution in [-0.2, 0) is 66.2 Å². The Balaban J connectivity index is 2.54. The molecule has 0 spiro atoms. The summed E-state index contributed by atoms with van der Waals surface area (Å²) in [6.45, 7) is 3.57. The molecule has 0 aromatic carbocycles.